The van der Waals surface area contributed by atoms with Gasteiger partial charge in [0.25, 0.3) is 0 Å². The van der Waals surface area contributed by atoms with Crippen molar-refractivity contribution in [2.45, 2.75) is 52.5 Å². The molecule has 18 heavy (non-hydrogen) atoms. The number of hydrogen-bond acceptors (Lipinski definition) is 4. The van der Waals surface area contributed by atoms with E-state index in [1.807, 2.05) is 0 Å². The second kappa shape index (κ2) is 7.22. The Balaban J connectivity index is 2.37. The van der Waals surface area contributed by atoms with Gasteiger partial charge in [-0.15, -0.1) is 11.3 Å². The van der Waals surface area contributed by atoms with Gasteiger partial charge in [0.05, 0.1) is 5.69 Å². The third kappa shape index (κ3) is 5.04. The molecule has 1 unspecified atom stereocenters. The number of nitrogens with one attached hydrogen (secondary N) is 1. The molecule has 0 aliphatic heterocycles. The van der Waals surface area contributed by atoms with Gasteiger partial charge in [-0.05, 0) is 18.9 Å². The van der Waals surface area contributed by atoms with Gasteiger partial charge in [-0.25, -0.2) is 4.98 Å². The first-order chi connectivity index (χ1) is 8.47. The van der Waals surface area contributed by atoms with Crippen molar-refractivity contribution >= 4 is 11.3 Å². The smallest absolute Gasteiger partial charge is 0.107 e. The van der Waals surface area contributed by atoms with Crippen molar-refractivity contribution in [3.63, 3.8) is 0 Å². The largest absolute Gasteiger partial charge is 0.396 e. The Labute approximate surface area is 115 Å². The molecule has 0 bridgehead atoms. The molecule has 2 N–H and O–H groups in total. The highest BCUT2D eigenvalue weighted by Gasteiger charge is 2.17. The second-order valence-corrected chi connectivity index (χ2v) is 6.74. The molecule has 0 saturated heterocycles. The van der Waals surface area contributed by atoms with Crippen molar-refractivity contribution in [1.82, 2.24) is 10.3 Å². The summed E-state index contributed by atoms with van der Waals surface area (Å²) < 4.78 is 0. The van der Waals surface area contributed by atoms with Gasteiger partial charge in [0.1, 0.15) is 5.01 Å². The molecule has 0 aromatic carbocycles. The summed E-state index contributed by atoms with van der Waals surface area (Å²) in [6.07, 6.45) is 1.99. The van der Waals surface area contributed by atoms with Gasteiger partial charge >= 0.3 is 0 Å². The Morgan fingerprint density at radius 3 is 2.67 bits per heavy atom. The molecule has 4 heteroatoms. The summed E-state index contributed by atoms with van der Waals surface area (Å²) in [6, 6.07) is 0. The fourth-order valence-corrected chi connectivity index (χ4v) is 2.74. The van der Waals surface area contributed by atoms with E-state index in [2.05, 4.69) is 43.4 Å². The van der Waals surface area contributed by atoms with Gasteiger partial charge in [-0.2, -0.15) is 0 Å². The third-order valence-electron chi connectivity index (χ3n) is 3.14. The minimum atomic E-state index is 0.137. The minimum absolute atomic E-state index is 0.137. The van der Waals surface area contributed by atoms with E-state index >= 15 is 0 Å². The standard InChI is InChI=1S/C14H26N2OS/c1-5-11(6-7-17)8-15-9-13-16-12(10-18-13)14(2,3)4/h10-11,15,17H,5-9H2,1-4H3. The Kier molecular flexibility index (Phi) is 6.26. The van der Waals surface area contributed by atoms with Crippen LogP contribution in [0.15, 0.2) is 5.38 Å². The van der Waals surface area contributed by atoms with Gasteiger partial charge in [-0.1, -0.05) is 34.1 Å². The Morgan fingerprint density at radius 2 is 2.17 bits per heavy atom. The van der Waals surface area contributed by atoms with Gasteiger partial charge < -0.3 is 10.4 Å². The van der Waals surface area contributed by atoms with Crippen LogP contribution in [0.1, 0.15) is 51.2 Å². The number of thiazole rings is 1. The van der Waals surface area contributed by atoms with Crippen molar-refractivity contribution in [3.05, 3.63) is 16.1 Å². The summed E-state index contributed by atoms with van der Waals surface area (Å²) in [6.45, 7) is 10.8. The molecule has 0 spiro atoms. The third-order valence-corrected chi connectivity index (χ3v) is 3.99. The number of nitrogens with zero attached hydrogens (tertiary/aromatic N) is 1. The fourth-order valence-electron chi connectivity index (χ4n) is 1.75. The van der Waals surface area contributed by atoms with Crippen LogP contribution in [0.5, 0.6) is 0 Å². The van der Waals surface area contributed by atoms with E-state index in [1.54, 1.807) is 11.3 Å². The second-order valence-electron chi connectivity index (χ2n) is 5.79. The highest BCUT2D eigenvalue weighted by atomic mass is 32.1. The molecule has 1 atom stereocenters. The van der Waals surface area contributed by atoms with Crippen LogP contribution in [-0.2, 0) is 12.0 Å². The zero-order valence-electron chi connectivity index (χ0n) is 12.0. The first-order valence-corrected chi connectivity index (χ1v) is 7.61. The van der Waals surface area contributed by atoms with E-state index < -0.39 is 0 Å². The van der Waals surface area contributed by atoms with Crippen molar-refractivity contribution in [1.29, 1.82) is 0 Å². The van der Waals surface area contributed by atoms with E-state index in [1.165, 1.54) is 5.69 Å². The molecule has 0 amide bonds. The number of rotatable bonds is 7. The number of aliphatic hydroxyl groups excluding tert-OH is 1. The molecule has 0 fully saturated rings. The van der Waals surface area contributed by atoms with Crippen LogP contribution in [-0.4, -0.2) is 23.2 Å². The molecular weight excluding hydrogens is 244 g/mol. The van der Waals surface area contributed by atoms with E-state index in [0.29, 0.717) is 5.92 Å². The zero-order valence-corrected chi connectivity index (χ0v) is 12.8. The van der Waals surface area contributed by atoms with Crippen LogP contribution in [0.3, 0.4) is 0 Å². The van der Waals surface area contributed by atoms with E-state index in [-0.39, 0.29) is 12.0 Å². The van der Waals surface area contributed by atoms with Crippen LogP contribution < -0.4 is 5.32 Å². The first kappa shape index (κ1) is 15.6. The van der Waals surface area contributed by atoms with Crippen molar-refractivity contribution < 1.29 is 5.11 Å². The Morgan fingerprint density at radius 1 is 1.44 bits per heavy atom. The van der Waals surface area contributed by atoms with Crippen LogP contribution in [0.25, 0.3) is 0 Å². The Bertz CT molecular complexity index is 344. The fraction of sp³-hybridized carbons (Fsp3) is 0.786. The lowest BCUT2D eigenvalue weighted by Gasteiger charge is -2.15. The summed E-state index contributed by atoms with van der Waals surface area (Å²) in [5.41, 5.74) is 1.31. The van der Waals surface area contributed by atoms with E-state index in [0.717, 1.165) is 30.9 Å². The number of hydrogen-bond donors (Lipinski definition) is 2. The Hall–Kier alpha value is -0.450. The molecule has 0 saturated carbocycles. The predicted octanol–water partition coefficient (Wildman–Crippen LogP) is 2.94. The molecular formula is C14H26N2OS. The lowest BCUT2D eigenvalue weighted by atomic mass is 9.93. The SMILES string of the molecule is CCC(CCO)CNCc1nc(C(C)(C)C)cs1. The molecule has 3 nitrogen and oxygen atoms in total. The lowest BCUT2D eigenvalue weighted by molar-refractivity contribution is 0.251. The lowest BCUT2D eigenvalue weighted by Crippen LogP contribution is -2.23. The van der Waals surface area contributed by atoms with Gasteiger partial charge in [0.2, 0.25) is 0 Å². The van der Waals surface area contributed by atoms with E-state index in [4.69, 9.17) is 5.11 Å². The summed E-state index contributed by atoms with van der Waals surface area (Å²) >= 11 is 1.73. The molecule has 0 radical (unpaired) electrons. The van der Waals surface area contributed by atoms with Crippen LogP contribution in [0.2, 0.25) is 0 Å². The number of aliphatic hydroxyl groups is 1. The average molecular weight is 270 g/mol. The first-order valence-electron chi connectivity index (χ1n) is 6.73. The zero-order chi connectivity index (χ0) is 13.6. The van der Waals surface area contributed by atoms with Gasteiger partial charge in [-0.3, -0.25) is 0 Å². The summed E-state index contributed by atoms with van der Waals surface area (Å²) in [5, 5.41) is 15.7. The predicted molar refractivity (Wildman–Crippen MR) is 78.0 cm³/mol. The van der Waals surface area contributed by atoms with Gasteiger partial charge in [0, 0.05) is 23.9 Å². The quantitative estimate of drug-likeness (QED) is 0.800. The minimum Gasteiger partial charge on any atom is -0.396 e. The summed E-state index contributed by atoms with van der Waals surface area (Å²) in [5.74, 6) is 0.567. The maximum atomic E-state index is 8.94. The normalized spacial score (nSPS) is 13.8. The van der Waals surface area contributed by atoms with Crippen molar-refractivity contribution in [2.24, 2.45) is 5.92 Å². The molecule has 0 aliphatic rings. The number of aromatic nitrogens is 1. The summed E-state index contributed by atoms with van der Waals surface area (Å²) in [4.78, 5) is 4.66. The van der Waals surface area contributed by atoms with Crippen LogP contribution in [0.4, 0.5) is 0 Å². The van der Waals surface area contributed by atoms with E-state index in [9.17, 15) is 0 Å². The maximum absolute atomic E-state index is 8.94. The average Bonchev–Trinajstić information content (AvgIpc) is 2.76. The van der Waals surface area contributed by atoms with Gasteiger partial charge in [0.15, 0.2) is 0 Å². The highest BCUT2D eigenvalue weighted by molar-refractivity contribution is 7.09. The topological polar surface area (TPSA) is 45.1 Å². The summed E-state index contributed by atoms with van der Waals surface area (Å²) in [7, 11) is 0. The van der Waals surface area contributed by atoms with Crippen molar-refractivity contribution in [3.8, 4) is 0 Å². The molecule has 1 rings (SSSR count). The molecule has 1 aromatic heterocycles. The van der Waals surface area contributed by atoms with Crippen LogP contribution in [0, 0.1) is 5.92 Å². The molecule has 1 aromatic rings. The maximum Gasteiger partial charge on any atom is 0.107 e. The monoisotopic (exact) mass is 270 g/mol. The molecule has 0 aliphatic carbocycles. The highest BCUT2D eigenvalue weighted by Crippen LogP contribution is 2.23. The van der Waals surface area contributed by atoms with Crippen molar-refractivity contribution in [2.75, 3.05) is 13.2 Å². The molecule has 104 valence electrons. The molecule has 1 heterocycles. The van der Waals surface area contributed by atoms with Crippen LogP contribution >= 0.6 is 11.3 Å².